The van der Waals surface area contributed by atoms with Crippen molar-refractivity contribution >= 4 is 23.8 Å². The minimum Gasteiger partial charge on any atom is -0.460 e. The number of rotatable bonds is 7. The Kier molecular flexibility index (Phi) is 7.77. The average Bonchev–Trinajstić information content (AvgIpc) is 2.50. The van der Waals surface area contributed by atoms with Crippen molar-refractivity contribution in [1.29, 1.82) is 0 Å². The van der Waals surface area contributed by atoms with E-state index in [0.717, 1.165) is 0 Å². The number of hydrogen-bond acceptors (Lipinski definition) is 6. The van der Waals surface area contributed by atoms with E-state index in [1.165, 1.54) is 20.8 Å². The van der Waals surface area contributed by atoms with Gasteiger partial charge >= 0.3 is 11.9 Å². The van der Waals surface area contributed by atoms with Gasteiger partial charge in [-0.05, 0) is 31.5 Å². The first-order chi connectivity index (χ1) is 12.1. The lowest BCUT2D eigenvalue weighted by Crippen LogP contribution is -2.47. The predicted octanol–water partition coefficient (Wildman–Crippen LogP) is 1.25. The van der Waals surface area contributed by atoms with Gasteiger partial charge < -0.3 is 20.1 Å². The van der Waals surface area contributed by atoms with Gasteiger partial charge in [0.15, 0.2) is 0 Å². The van der Waals surface area contributed by atoms with E-state index in [4.69, 9.17) is 9.47 Å². The van der Waals surface area contributed by atoms with Crippen molar-refractivity contribution in [3.63, 3.8) is 0 Å². The van der Waals surface area contributed by atoms with Gasteiger partial charge in [-0.2, -0.15) is 0 Å². The zero-order valence-corrected chi connectivity index (χ0v) is 15.5. The number of nitrogens with one attached hydrogen (secondary N) is 2. The van der Waals surface area contributed by atoms with E-state index < -0.39 is 36.0 Å². The van der Waals surface area contributed by atoms with Gasteiger partial charge in [-0.25, -0.2) is 0 Å². The van der Waals surface area contributed by atoms with Crippen molar-refractivity contribution in [3.05, 3.63) is 29.8 Å². The highest BCUT2D eigenvalue weighted by molar-refractivity contribution is 5.86. The summed E-state index contributed by atoms with van der Waals surface area (Å²) in [5, 5.41) is 5.24. The average molecular weight is 364 g/mol. The largest absolute Gasteiger partial charge is 0.460 e. The third kappa shape index (κ3) is 6.92. The third-order valence-corrected chi connectivity index (χ3v) is 3.41. The molecular weight excluding hydrogens is 340 g/mol. The first-order valence-electron chi connectivity index (χ1n) is 8.13. The standard InChI is InChI=1S/C18H24N2O6/c1-10(19-12(3)21)18(24)20-17(11(2)25-13(4)22)15-7-6-8-16(9-15)26-14(5)23/h6-11,17H,1-5H3,(H,19,21)(H,20,24). The number of amides is 2. The van der Waals surface area contributed by atoms with E-state index in [1.807, 2.05) is 0 Å². The van der Waals surface area contributed by atoms with Crippen LogP contribution in [0.15, 0.2) is 24.3 Å². The fourth-order valence-electron chi connectivity index (χ4n) is 2.39. The fraction of sp³-hybridized carbons (Fsp3) is 0.444. The van der Waals surface area contributed by atoms with Crippen LogP contribution in [0.4, 0.5) is 0 Å². The predicted molar refractivity (Wildman–Crippen MR) is 93.1 cm³/mol. The lowest BCUT2D eigenvalue weighted by molar-refractivity contribution is -0.148. The maximum absolute atomic E-state index is 12.4. The molecule has 0 bridgehead atoms. The van der Waals surface area contributed by atoms with E-state index in [9.17, 15) is 19.2 Å². The molecule has 0 fully saturated rings. The van der Waals surface area contributed by atoms with E-state index >= 15 is 0 Å². The molecule has 0 aliphatic carbocycles. The van der Waals surface area contributed by atoms with E-state index in [-0.39, 0.29) is 5.91 Å². The summed E-state index contributed by atoms with van der Waals surface area (Å²) >= 11 is 0. The van der Waals surface area contributed by atoms with Gasteiger partial charge in [0.05, 0.1) is 6.04 Å². The molecule has 0 heterocycles. The van der Waals surface area contributed by atoms with Crippen LogP contribution in [-0.4, -0.2) is 35.9 Å². The quantitative estimate of drug-likeness (QED) is 0.556. The lowest BCUT2D eigenvalue weighted by atomic mass is 10.0. The number of esters is 2. The van der Waals surface area contributed by atoms with Crippen LogP contribution in [0.2, 0.25) is 0 Å². The summed E-state index contributed by atoms with van der Waals surface area (Å²) in [6.45, 7) is 7.03. The number of carbonyl (C=O) groups excluding carboxylic acids is 4. The summed E-state index contributed by atoms with van der Waals surface area (Å²) in [7, 11) is 0. The molecule has 2 N–H and O–H groups in total. The van der Waals surface area contributed by atoms with Crippen LogP contribution >= 0.6 is 0 Å². The molecule has 0 spiro atoms. The van der Waals surface area contributed by atoms with Crippen molar-refractivity contribution in [3.8, 4) is 5.75 Å². The Morgan fingerprint density at radius 3 is 2.15 bits per heavy atom. The molecule has 0 aliphatic rings. The highest BCUT2D eigenvalue weighted by Crippen LogP contribution is 2.24. The second-order valence-electron chi connectivity index (χ2n) is 5.89. The highest BCUT2D eigenvalue weighted by Gasteiger charge is 2.26. The van der Waals surface area contributed by atoms with Crippen LogP contribution in [0.3, 0.4) is 0 Å². The van der Waals surface area contributed by atoms with Gasteiger partial charge in [-0.1, -0.05) is 12.1 Å². The molecule has 142 valence electrons. The van der Waals surface area contributed by atoms with Gasteiger partial charge in [0.1, 0.15) is 17.9 Å². The van der Waals surface area contributed by atoms with E-state index in [1.54, 1.807) is 38.1 Å². The highest BCUT2D eigenvalue weighted by atomic mass is 16.5. The maximum atomic E-state index is 12.4. The Labute approximate surface area is 152 Å². The Hall–Kier alpha value is -2.90. The Bertz CT molecular complexity index is 688. The molecule has 1 aromatic rings. The van der Waals surface area contributed by atoms with Gasteiger partial charge in [-0.15, -0.1) is 0 Å². The first kappa shape index (κ1) is 21.1. The normalized spacial score (nSPS) is 13.7. The lowest BCUT2D eigenvalue weighted by Gasteiger charge is -2.27. The molecule has 3 atom stereocenters. The van der Waals surface area contributed by atoms with E-state index in [0.29, 0.717) is 11.3 Å². The zero-order valence-electron chi connectivity index (χ0n) is 15.5. The third-order valence-electron chi connectivity index (χ3n) is 3.41. The van der Waals surface area contributed by atoms with Crippen LogP contribution in [0.1, 0.15) is 46.2 Å². The van der Waals surface area contributed by atoms with Crippen LogP contribution in [0.25, 0.3) is 0 Å². The number of carbonyl (C=O) groups is 4. The van der Waals surface area contributed by atoms with Crippen LogP contribution < -0.4 is 15.4 Å². The second-order valence-corrected chi connectivity index (χ2v) is 5.89. The molecule has 0 aromatic heterocycles. The van der Waals surface area contributed by atoms with Crippen LogP contribution in [0, 0.1) is 0 Å². The van der Waals surface area contributed by atoms with Crippen molar-refractivity contribution in [2.75, 3.05) is 0 Å². The SMILES string of the molecule is CC(=O)NC(C)C(=O)NC(c1cccc(OC(C)=O)c1)C(C)OC(C)=O. The Morgan fingerprint density at radius 2 is 1.62 bits per heavy atom. The molecule has 1 rings (SSSR count). The van der Waals surface area contributed by atoms with Crippen molar-refractivity contribution in [1.82, 2.24) is 10.6 Å². The van der Waals surface area contributed by atoms with Crippen LogP contribution in [-0.2, 0) is 23.9 Å². The molecule has 8 heteroatoms. The maximum Gasteiger partial charge on any atom is 0.308 e. The smallest absolute Gasteiger partial charge is 0.308 e. The second kappa shape index (κ2) is 9.55. The summed E-state index contributed by atoms with van der Waals surface area (Å²) in [4.78, 5) is 45.9. The van der Waals surface area contributed by atoms with Crippen molar-refractivity contribution in [2.45, 2.75) is 52.8 Å². The Morgan fingerprint density at radius 1 is 0.962 bits per heavy atom. The minimum absolute atomic E-state index is 0.305. The molecule has 0 saturated heterocycles. The Balaban J connectivity index is 3.08. The number of hydrogen-bond donors (Lipinski definition) is 2. The van der Waals surface area contributed by atoms with Gasteiger partial charge in [-0.3, -0.25) is 19.2 Å². The van der Waals surface area contributed by atoms with Crippen molar-refractivity contribution in [2.24, 2.45) is 0 Å². The molecule has 0 saturated carbocycles. The molecule has 3 unspecified atom stereocenters. The summed E-state index contributed by atoms with van der Waals surface area (Å²) in [6.07, 6.45) is -0.687. The molecule has 26 heavy (non-hydrogen) atoms. The van der Waals surface area contributed by atoms with Gasteiger partial charge in [0, 0.05) is 20.8 Å². The molecule has 8 nitrogen and oxygen atoms in total. The van der Waals surface area contributed by atoms with E-state index in [2.05, 4.69) is 10.6 Å². The molecule has 0 aliphatic heterocycles. The minimum atomic E-state index is -0.767. The topological polar surface area (TPSA) is 111 Å². The number of ether oxygens (including phenoxy) is 2. The monoisotopic (exact) mass is 364 g/mol. The van der Waals surface area contributed by atoms with Crippen LogP contribution in [0.5, 0.6) is 5.75 Å². The zero-order chi connectivity index (χ0) is 19.9. The first-order valence-corrected chi connectivity index (χ1v) is 8.13. The summed E-state index contributed by atoms with van der Waals surface area (Å²) < 4.78 is 10.3. The molecule has 0 radical (unpaired) electrons. The van der Waals surface area contributed by atoms with Crippen molar-refractivity contribution < 1.29 is 28.7 Å². The summed E-state index contributed by atoms with van der Waals surface area (Å²) in [5.74, 6) is -1.45. The number of benzene rings is 1. The molecule has 1 aromatic carbocycles. The summed E-state index contributed by atoms with van der Waals surface area (Å²) in [6, 6.07) is 5.08. The fourth-order valence-corrected chi connectivity index (χ4v) is 2.39. The molecule has 2 amide bonds. The molecular formula is C18H24N2O6. The summed E-state index contributed by atoms with van der Waals surface area (Å²) in [5.41, 5.74) is 0.584. The van der Waals surface area contributed by atoms with Gasteiger partial charge in [0.25, 0.3) is 0 Å². The van der Waals surface area contributed by atoms with Gasteiger partial charge in [0.2, 0.25) is 11.8 Å².